The van der Waals surface area contributed by atoms with Crippen LogP contribution in [0.1, 0.15) is 78.2 Å². The van der Waals surface area contributed by atoms with E-state index >= 15 is 0 Å². The molecule has 1 aromatic carbocycles. The summed E-state index contributed by atoms with van der Waals surface area (Å²) < 4.78 is 37.5. The summed E-state index contributed by atoms with van der Waals surface area (Å²) in [6.45, 7) is 8.01. The van der Waals surface area contributed by atoms with Crippen molar-refractivity contribution in [2.75, 3.05) is 13.1 Å². The number of terminal acetylenes is 1. The molecule has 2 aliphatic carbocycles. The van der Waals surface area contributed by atoms with Crippen molar-refractivity contribution in [1.29, 1.82) is 0 Å². The van der Waals surface area contributed by atoms with E-state index in [2.05, 4.69) is 30.4 Å². The van der Waals surface area contributed by atoms with Gasteiger partial charge in [-0.3, -0.25) is 4.79 Å². The molecule has 2 atom stereocenters. The Hall–Kier alpha value is -2.78. The topological polar surface area (TPSA) is 41.1 Å². The van der Waals surface area contributed by atoms with Gasteiger partial charge in [0.15, 0.2) is 0 Å². The number of carbonyl (C=O) groups is 1. The molecule has 2 N–H and O–H groups in total. The van der Waals surface area contributed by atoms with E-state index in [1.807, 2.05) is 24.3 Å². The minimum absolute atomic E-state index is 0. The van der Waals surface area contributed by atoms with Gasteiger partial charge in [-0.25, -0.2) is 0 Å². The first-order chi connectivity index (χ1) is 18.2. The number of nitrogens with one attached hydrogen (secondary N) is 2. The van der Waals surface area contributed by atoms with Gasteiger partial charge >= 0.3 is 6.18 Å². The monoisotopic (exact) mass is 529 g/mol. The number of amides is 1. The third-order valence-electron chi connectivity index (χ3n) is 7.62. The highest BCUT2D eigenvalue weighted by Crippen LogP contribution is 2.35. The van der Waals surface area contributed by atoms with E-state index in [4.69, 9.17) is 6.42 Å². The molecular formula is C32H44F3N2O. The van der Waals surface area contributed by atoms with Crippen LogP contribution in [0.15, 0.2) is 59.7 Å². The van der Waals surface area contributed by atoms with Crippen molar-refractivity contribution in [3.8, 4) is 12.3 Å². The lowest BCUT2D eigenvalue weighted by atomic mass is 9.83. The lowest BCUT2D eigenvalue weighted by Gasteiger charge is -2.23. The zero-order valence-electron chi connectivity index (χ0n) is 22.3. The van der Waals surface area contributed by atoms with E-state index in [9.17, 15) is 18.0 Å². The maximum absolute atomic E-state index is 12.5. The highest BCUT2D eigenvalue weighted by molar-refractivity contribution is 5.94. The second-order valence-electron chi connectivity index (χ2n) is 10.6. The molecule has 1 saturated carbocycles. The fourth-order valence-electron chi connectivity index (χ4n) is 5.24. The molecule has 0 aromatic heterocycles. The first kappa shape index (κ1) is 29.8. The molecule has 0 spiro atoms. The van der Waals surface area contributed by atoms with E-state index < -0.39 is 11.7 Å². The number of alkyl halides is 3. The van der Waals surface area contributed by atoms with E-state index in [0.717, 1.165) is 81.2 Å². The zero-order chi connectivity index (χ0) is 27.5. The normalized spacial score (nSPS) is 29.8. The van der Waals surface area contributed by atoms with Crippen LogP contribution in [0.25, 0.3) is 0 Å². The van der Waals surface area contributed by atoms with Gasteiger partial charge in [-0.2, -0.15) is 13.2 Å². The van der Waals surface area contributed by atoms with Gasteiger partial charge in [0, 0.05) is 26.6 Å². The Balaban J connectivity index is 0.000000381. The standard InChI is InChI=1S/C16H20F3.C16H20N2O.2H2/c1-12-4-2-6-13(7-3-5-12)14-8-10-15(11-9-14)16(17,18)19;1-3-13-6-4-5-12(2)15(8-7-13)16(19)18-14-9-10-17-11-14;;/h8-13H,1-7H2;1,4,6-8,12,14,17H,5,9-11H2,2H3,(H,18,19);2*1H/b;6-4+,13-7-,15-8+;;/t;12?,14-;;/m.0../s1. The third kappa shape index (κ3) is 9.20. The largest absolute Gasteiger partial charge is 0.416 e. The van der Waals surface area contributed by atoms with Crippen LogP contribution in [-0.2, 0) is 11.0 Å². The Labute approximate surface area is 229 Å². The van der Waals surface area contributed by atoms with Crippen LogP contribution in [0.3, 0.4) is 0 Å². The lowest BCUT2D eigenvalue weighted by molar-refractivity contribution is -0.137. The van der Waals surface area contributed by atoms with Crippen molar-refractivity contribution in [2.45, 2.75) is 76.4 Å². The third-order valence-corrected chi connectivity index (χ3v) is 7.62. The molecule has 1 radical (unpaired) electrons. The molecule has 6 heteroatoms. The smallest absolute Gasteiger partial charge is 0.348 e. The maximum atomic E-state index is 12.5. The molecule has 1 saturated heterocycles. The maximum Gasteiger partial charge on any atom is 0.416 e. The number of halogens is 3. The van der Waals surface area contributed by atoms with Crippen molar-refractivity contribution in [2.24, 2.45) is 11.8 Å². The average molecular weight is 530 g/mol. The number of allylic oxidation sites excluding steroid dienone is 5. The summed E-state index contributed by atoms with van der Waals surface area (Å²) in [5.74, 6) is 3.81. The van der Waals surface area contributed by atoms with Gasteiger partial charge in [-0.15, -0.1) is 6.42 Å². The fraction of sp³-hybridized carbons (Fsp3) is 0.500. The predicted molar refractivity (Wildman–Crippen MR) is 152 cm³/mol. The minimum Gasteiger partial charge on any atom is -0.348 e. The summed E-state index contributed by atoms with van der Waals surface area (Å²) in [6, 6.07) is 5.96. The molecule has 1 amide bonds. The molecular weight excluding hydrogens is 485 g/mol. The highest BCUT2D eigenvalue weighted by atomic mass is 19.4. The number of benzene rings is 1. The summed E-state index contributed by atoms with van der Waals surface area (Å²) in [5.41, 5.74) is 2.11. The molecule has 1 unspecified atom stereocenters. The summed E-state index contributed by atoms with van der Waals surface area (Å²) in [6.07, 6.45) is 17.3. The second-order valence-corrected chi connectivity index (χ2v) is 10.6. The molecule has 3 aliphatic rings. The van der Waals surface area contributed by atoms with Gasteiger partial charge in [0.25, 0.3) is 0 Å². The summed E-state index contributed by atoms with van der Waals surface area (Å²) >= 11 is 0. The Bertz CT molecular complexity index is 1040. The van der Waals surface area contributed by atoms with Crippen LogP contribution in [0, 0.1) is 31.1 Å². The van der Waals surface area contributed by atoms with Crippen molar-refractivity contribution >= 4 is 5.91 Å². The van der Waals surface area contributed by atoms with Crippen molar-refractivity contribution in [3.63, 3.8) is 0 Å². The molecule has 2 fully saturated rings. The number of hydrogen-bond acceptors (Lipinski definition) is 2. The minimum atomic E-state index is -4.24. The van der Waals surface area contributed by atoms with E-state index in [1.54, 1.807) is 12.1 Å². The van der Waals surface area contributed by atoms with Crippen LogP contribution in [0.2, 0.25) is 0 Å². The predicted octanol–water partition coefficient (Wildman–Crippen LogP) is 7.63. The summed E-state index contributed by atoms with van der Waals surface area (Å²) in [5, 5.41) is 6.33. The number of carbonyl (C=O) groups excluding carboxylic acids is 1. The van der Waals surface area contributed by atoms with Gasteiger partial charge in [0.1, 0.15) is 0 Å². The summed E-state index contributed by atoms with van der Waals surface area (Å²) in [4.78, 5) is 12.3. The SMILES string of the molecule is C#CC1=C/C=C(/C(=O)N[C@H]2CCNC2)C(C)C\C=C\1.[CH2]C1CCCC(c2ccc(C(F)(F)F)cc2)CCC1.[HH].[HH]. The Kier molecular flexibility index (Phi) is 11.3. The number of hydrogen-bond donors (Lipinski definition) is 2. The van der Waals surface area contributed by atoms with Crippen molar-refractivity contribution in [3.05, 3.63) is 77.8 Å². The molecule has 1 heterocycles. The molecule has 4 rings (SSSR count). The van der Waals surface area contributed by atoms with Gasteiger partial charge < -0.3 is 10.6 Å². The summed E-state index contributed by atoms with van der Waals surface area (Å²) in [7, 11) is 0. The van der Waals surface area contributed by atoms with E-state index in [0.29, 0.717) is 11.8 Å². The van der Waals surface area contributed by atoms with Crippen LogP contribution < -0.4 is 10.6 Å². The lowest BCUT2D eigenvalue weighted by Crippen LogP contribution is -2.38. The van der Waals surface area contributed by atoms with E-state index in [1.165, 1.54) is 12.1 Å². The van der Waals surface area contributed by atoms with Crippen molar-refractivity contribution < 1.29 is 20.8 Å². The Morgan fingerprint density at radius 2 is 1.79 bits per heavy atom. The molecule has 3 nitrogen and oxygen atoms in total. The molecule has 38 heavy (non-hydrogen) atoms. The van der Waals surface area contributed by atoms with Crippen LogP contribution in [0.4, 0.5) is 13.2 Å². The molecule has 1 aromatic rings. The van der Waals surface area contributed by atoms with Gasteiger partial charge in [-0.1, -0.05) is 75.8 Å². The Morgan fingerprint density at radius 1 is 1.11 bits per heavy atom. The molecule has 0 bridgehead atoms. The van der Waals surface area contributed by atoms with Crippen LogP contribution >= 0.6 is 0 Å². The second kappa shape index (κ2) is 14.4. The van der Waals surface area contributed by atoms with Gasteiger partial charge in [-0.05, 0) is 73.8 Å². The Morgan fingerprint density at radius 3 is 2.37 bits per heavy atom. The van der Waals surface area contributed by atoms with E-state index in [-0.39, 0.29) is 20.7 Å². The van der Waals surface area contributed by atoms with Gasteiger partial charge in [0.05, 0.1) is 5.56 Å². The van der Waals surface area contributed by atoms with Gasteiger partial charge in [0.2, 0.25) is 5.91 Å². The fourth-order valence-corrected chi connectivity index (χ4v) is 5.24. The van der Waals surface area contributed by atoms with Crippen LogP contribution in [-0.4, -0.2) is 25.0 Å². The first-order valence-electron chi connectivity index (χ1n) is 13.7. The highest BCUT2D eigenvalue weighted by Gasteiger charge is 2.30. The average Bonchev–Trinajstić information content (AvgIpc) is 3.37. The van der Waals surface area contributed by atoms with Crippen molar-refractivity contribution in [1.82, 2.24) is 10.6 Å². The number of rotatable bonds is 3. The zero-order valence-corrected chi connectivity index (χ0v) is 22.3. The molecule has 1 aliphatic heterocycles. The molecule has 209 valence electrons. The quantitative estimate of drug-likeness (QED) is 0.395. The van der Waals surface area contributed by atoms with Crippen LogP contribution in [0.5, 0.6) is 0 Å². The first-order valence-corrected chi connectivity index (χ1v) is 13.7.